The van der Waals surface area contributed by atoms with E-state index in [0.29, 0.717) is 11.4 Å². The monoisotopic (exact) mass is 326 g/mol. The van der Waals surface area contributed by atoms with Gasteiger partial charge in [-0.15, -0.1) is 0 Å². The molecule has 1 N–H and O–H groups in total. The van der Waals surface area contributed by atoms with Gasteiger partial charge in [0.15, 0.2) is 0 Å². The van der Waals surface area contributed by atoms with Crippen LogP contribution in [0.2, 0.25) is 0 Å². The lowest BCUT2D eigenvalue weighted by Gasteiger charge is -2.17. The first-order valence-electron chi connectivity index (χ1n) is 8.06. The lowest BCUT2D eigenvalue weighted by Crippen LogP contribution is -2.39. The molecule has 2 bridgehead atoms. The van der Waals surface area contributed by atoms with Crippen LogP contribution in [-0.2, 0) is 14.4 Å². The number of allylic oxidation sites excluding steroid dienone is 2. The third kappa shape index (κ3) is 2.21. The second-order valence-corrected chi connectivity index (χ2v) is 6.54. The summed E-state index contributed by atoms with van der Waals surface area (Å²) >= 11 is 0. The highest BCUT2D eigenvalue weighted by Crippen LogP contribution is 2.52. The summed E-state index contributed by atoms with van der Waals surface area (Å²) in [6.07, 6.45) is 4.96. The van der Waals surface area contributed by atoms with Gasteiger partial charge in [-0.3, -0.25) is 19.3 Å². The molecule has 4 rings (SSSR count). The highest BCUT2D eigenvalue weighted by molar-refractivity contribution is 6.09. The number of hydrogen-bond acceptors (Lipinski definition) is 4. The number of nitrogens with one attached hydrogen (secondary N) is 1. The fraction of sp³-hybridized carbons (Fsp3) is 0.389. The van der Waals surface area contributed by atoms with Crippen LogP contribution in [0.3, 0.4) is 0 Å². The Bertz CT molecular complexity index is 727. The Hall–Kier alpha value is -2.63. The minimum atomic E-state index is -0.384. The molecule has 1 saturated heterocycles. The molecule has 1 aromatic carbocycles. The van der Waals surface area contributed by atoms with Crippen LogP contribution in [-0.4, -0.2) is 36.3 Å². The predicted octanol–water partition coefficient (Wildman–Crippen LogP) is 1.44. The lowest BCUT2D eigenvalue weighted by atomic mass is 9.85. The van der Waals surface area contributed by atoms with Gasteiger partial charge < -0.3 is 10.1 Å². The van der Waals surface area contributed by atoms with E-state index in [1.807, 2.05) is 12.2 Å². The van der Waals surface area contributed by atoms with Gasteiger partial charge in [0.2, 0.25) is 17.7 Å². The molecule has 24 heavy (non-hydrogen) atoms. The molecule has 1 aliphatic heterocycles. The predicted molar refractivity (Wildman–Crippen MR) is 86.1 cm³/mol. The van der Waals surface area contributed by atoms with Gasteiger partial charge in [-0.05, 0) is 30.4 Å². The fourth-order valence-corrected chi connectivity index (χ4v) is 4.16. The van der Waals surface area contributed by atoms with Gasteiger partial charge >= 0.3 is 0 Å². The van der Waals surface area contributed by atoms with Crippen LogP contribution in [0.15, 0.2) is 36.4 Å². The average molecular weight is 326 g/mol. The number of imide groups is 1. The number of ether oxygens (including phenoxy) is 1. The van der Waals surface area contributed by atoms with Crippen LogP contribution in [0, 0.1) is 23.7 Å². The van der Waals surface area contributed by atoms with Crippen LogP contribution in [0.25, 0.3) is 0 Å². The van der Waals surface area contributed by atoms with E-state index < -0.39 is 0 Å². The van der Waals surface area contributed by atoms with Crippen molar-refractivity contribution in [1.82, 2.24) is 4.90 Å². The number of anilines is 1. The van der Waals surface area contributed by atoms with Crippen molar-refractivity contribution in [1.29, 1.82) is 0 Å². The first kappa shape index (κ1) is 14.9. The van der Waals surface area contributed by atoms with Gasteiger partial charge in [-0.2, -0.15) is 0 Å². The molecular weight excluding hydrogens is 308 g/mol. The molecule has 124 valence electrons. The zero-order valence-electron chi connectivity index (χ0n) is 13.3. The van der Waals surface area contributed by atoms with Crippen LogP contribution in [0.5, 0.6) is 5.75 Å². The van der Waals surface area contributed by atoms with Crippen molar-refractivity contribution < 1.29 is 19.1 Å². The van der Waals surface area contributed by atoms with Crippen molar-refractivity contribution in [3.05, 3.63) is 36.4 Å². The van der Waals surface area contributed by atoms with E-state index in [-0.39, 0.29) is 47.9 Å². The smallest absolute Gasteiger partial charge is 0.244 e. The van der Waals surface area contributed by atoms with Gasteiger partial charge in [0.05, 0.1) is 18.9 Å². The molecule has 1 heterocycles. The van der Waals surface area contributed by atoms with Crippen molar-refractivity contribution in [2.75, 3.05) is 19.0 Å². The van der Waals surface area contributed by atoms with E-state index in [1.54, 1.807) is 31.4 Å². The number of likely N-dealkylation sites (tertiary alicyclic amines) is 1. The van der Waals surface area contributed by atoms with Crippen LogP contribution < -0.4 is 10.1 Å². The molecule has 2 fully saturated rings. The van der Waals surface area contributed by atoms with Crippen LogP contribution >= 0.6 is 0 Å². The number of methoxy groups -OCH3 is 1. The van der Waals surface area contributed by atoms with Gasteiger partial charge in [-0.25, -0.2) is 0 Å². The first-order valence-corrected chi connectivity index (χ1v) is 8.06. The number of fused-ring (bicyclic) bond motifs is 5. The van der Waals surface area contributed by atoms with E-state index in [2.05, 4.69) is 5.32 Å². The summed E-state index contributed by atoms with van der Waals surface area (Å²) in [6.45, 7) is -0.235. The zero-order chi connectivity index (χ0) is 16.8. The summed E-state index contributed by atoms with van der Waals surface area (Å²) in [6, 6.07) is 6.94. The lowest BCUT2D eigenvalue weighted by molar-refractivity contribution is -0.143. The third-order valence-electron chi connectivity index (χ3n) is 5.22. The Morgan fingerprint density at radius 3 is 2.50 bits per heavy atom. The second-order valence-electron chi connectivity index (χ2n) is 6.54. The molecule has 3 amide bonds. The van der Waals surface area contributed by atoms with E-state index in [0.717, 1.165) is 11.3 Å². The quantitative estimate of drug-likeness (QED) is 0.671. The molecule has 3 aliphatic rings. The zero-order valence-corrected chi connectivity index (χ0v) is 13.3. The maximum atomic E-state index is 12.5. The highest BCUT2D eigenvalue weighted by Gasteiger charge is 2.59. The van der Waals surface area contributed by atoms with Gasteiger partial charge in [0.1, 0.15) is 12.3 Å². The summed E-state index contributed by atoms with van der Waals surface area (Å²) in [5.74, 6) is -0.395. The number of carbonyl (C=O) groups excluding carboxylic acids is 3. The Morgan fingerprint density at radius 1 is 1.21 bits per heavy atom. The SMILES string of the molecule is COc1cccc(NC(=O)CN2C(=O)C3C(C2=O)[C@H]2C=C[C@@H]3C2)c1. The summed E-state index contributed by atoms with van der Waals surface area (Å²) in [5.41, 5.74) is 0.570. The van der Waals surface area contributed by atoms with Crippen molar-refractivity contribution >= 4 is 23.4 Å². The third-order valence-corrected chi connectivity index (χ3v) is 5.22. The van der Waals surface area contributed by atoms with Crippen molar-refractivity contribution in [2.45, 2.75) is 6.42 Å². The maximum Gasteiger partial charge on any atom is 0.244 e. The Balaban J connectivity index is 1.45. The first-order chi connectivity index (χ1) is 11.6. The molecule has 0 aromatic heterocycles. The second kappa shape index (κ2) is 5.47. The number of carbonyl (C=O) groups is 3. The molecule has 0 radical (unpaired) electrons. The van der Waals surface area contributed by atoms with Gasteiger partial charge in [0.25, 0.3) is 0 Å². The Kier molecular flexibility index (Phi) is 3.40. The Labute approximate surface area is 139 Å². The van der Waals surface area contributed by atoms with E-state index in [9.17, 15) is 14.4 Å². The van der Waals surface area contributed by atoms with E-state index in [1.165, 1.54) is 0 Å². The minimum absolute atomic E-state index is 0.155. The number of nitrogens with zero attached hydrogens (tertiary/aromatic N) is 1. The highest BCUT2D eigenvalue weighted by atomic mass is 16.5. The van der Waals surface area contributed by atoms with Crippen molar-refractivity contribution in [2.24, 2.45) is 23.7 Å². The standard InChI is InChI=1S/C18H18N2O4/c1-24-13-4-2-3-12(8-13)19-14(21)9-20-17(22)15-10-5-6-11(7-10)16(15)18(20)23/h2-6,8,10-11,15-16H,7,9H2,1H3,(H,19,21)/t10-,11+,15?,16?. The summed E-state index contributed by atoms with van der Waals surface area (Å²) in [7, 11) is 1.55. The number of benzene rings is 1. The minimum Gasteiger partial charge on any atom is -0.497 e. The van der Waals surface area contributed by atoms with Crippen LogP contribution in [0.1, 0.15) is 6.42 Å². The molecule has 1 aromatic rings. The molecule has 0 spiro atoms. The van der Waals surface area contributed by atoms with Crippen molar-refractivity contribution in [3.8, 4) is 5.75 Å². The molecule has 2 aliphatic carbocycles. The summed E-state index contributed by atoms with van der Waals surface area (Å²) in [4.78, 5) is 38.5. The number of rotatable bonds is 4. The van der Waals surface area contributed by atoms with Gasteiger partial charge in [0, 0.05) is 11.8 Å². The summed E-state index contributed by atoms with van der Waals surface area (Å²) in [5, 5.41) is 2.71. The van der Waals surface area contributed by atoms with Gasteiger partial charge in [-0.1, -0.05) is 18.2 Å². The number of amides is 3. The molecule has 6 heteroatoms. The molecule has 4 atom stereocenters. The maximum absolute atomic E-state index is 12.5. The van der Waals surface area contributed by atoms with E-state index in [4.69, 9.17) is 4.74 Å². The molecule has 1 saturated carbocycles. The number of hydrogen-bond donors (Lipinski definition) is 1. The molecule has 2 unspecified atom stereocenters. The fourth-order valence-electron chi connectivity index (χ4n) is 4.16. The molecular formula is C18H18N2O4. The average Bonchev–Trinajstić information content (AvgIpc) is 3.25. The van der Waals surface area contributed by atoms with E-state index >= 15 is 0 Å². The normalized spacial score (nSPS) is 30.0. The topological polar surface area (TPSA) is 75.7 Å². The molecule has 6 nitrogen and oxygen atoms in total. The summed E-state index contributed by atoms with van der Waals surface area (Å²) < 4.78 is 5.11. The Morgan fingerprint density at radius 2 is 1.88 bits per heavy atom. The van der Waals surface area contributed by atoms with Crippen molar-refractivity contribution in [3.63, 3.8) is 0 Å². The van der Waals surface area contributed by atoms with Crippen LogP contribution in [0.4, 0.5) is 5.69 Å². The largest absolute Gasteiger partial charge is 0.497 e.